The summed E-state index contributed by atoms with van der Waals surface area (Å²) in [6, 6.07) is 22.0. The second-order valence-corrected chi connectivity index (χ2v) is 11.3. The van der Waals surface area contributed by atoms with E-state index >= 15 is 0 Å². The minimum Gasteiger partial charge on any atom is -0.396 e. The van der Waals surface area contributed by atoms with Gasteiger partial charge < -0.3 is 5.11 Å². The van der Waals surface area contributed by atoms with E-state index in [4.69, 9.17) is 0 Å². The summed E-state index contributed by atoms with van der Waals surface area (Å²) in [5.41, 5.74) is 9.39. The molecule has 0 aliphatic rings. The summed E-state index contributed by atoms with van der Waals surface area (Å²) in [6.07, 6.45) is 1.62. The number of hydrogen-bond acceptors (Lipinski definition) is 3. The van der Waals surface area contributed by atoms with Crippen LogP contribution in [0.25, 0.3) is 33.3 Å². The van der Waals surface area contributed by atoms with Crippen molar-refractivity contribution in [2.75, 3.05) is 6.61 Å². The third-order valence-corrected chi connectivity index (χ3v) is 6.56. The molecule has 0 saturated carbocycles. The minimum atomic E-state index is 0.116. The lowest BCUT2D eigenvalue weighted by Crippen LogP contribution is -2.10. The smallest absolute Gasteiger partial charge is 0.121 e. The molecule has 0 aliphatic carbocycles. The molecular weight excluding hydrogens is 418 g/mol. The van der Waals surface area contributed by atoms with Gasteiger partial charge >= 0.3 is 0 Å². The largest absolute Gasteiger partial charge is 0.396 e. The second kappa shape index (κ2) is 9.34. The van der Waals surface area contributed by atoms with E-state index in [1.807, 2.05) is 4.68 Å². The van der Waals surface area contributed by atoms with Crippen LogP contribution in [0, 0.1) is 0 Å². The number of aromatic nitrogens is 3. The molecular formula is C30H37N3O. The van der Waals surface area contributed by atoms with Gasteiger partial charge in [-0.3, -0.25) is 0 Å². The SMILES string of the molecule is CC(C)(C)c1ccc(-c2ccc(-c3ccc(C(C)(C)C)cc3)c3c2nnn3CCCCO)cc1. The number of rotatable bonds is 6. The molecule has 0 radical (unpaired) electrons. The highest BCUT2D eigenvalue weighted by Gasteiger charge is 2.19. The van der Waals surface area contributed by atoms with Gasteiger partial charge in [0.05, 0.1) is 5.52 Å². The van der Waals surface area contributed by atoms with Crippen LogP contribution < -0.4 is 0 Å². The Morgan fingerprint density at radius 1 is 0.676 bits per heavy atom. The monoisotopic (exact) mass is 455 g/mol. The van der Waals surface area contributed by atoms with Crippen LogP contribution in [-0.2, 0) is 17.4 Å². The average molecular weight is 456 g/mol. The van der Waals surface area contributed by atoms with Gasteiger partial charge in [0.1, 0.15) is 5.52 Å². The molecule has 34 heavy (non-hydrogen) atoms. The lowest BCUT2D eigenvalue weighted by atomic mass is 9.85. The maximum atomic E-state index is 9.26. The van der Waals surface area contributed by atoms with Gasteiger partial charge in [0.25, 0.3) is 0 Å². The van der Waals surface area contributed by atoms with E-state index in [2.05, 4.69) is 113 Å². The molecule has 0 saturated heterocycles. The van der Waals surface area contributed by atoms with Gasteiger partial charge in [0, 0.05) is 24.3 Å². The quantitative estimate of drug-likeness (QED) is 0.315. The highest BCUT2D eigenvalue weighted by atomic mass is 16.2. The number of fused-ring (bicyclic) bond motifs is 1. The molecule has 4 heteroatoms. The van der Waals surface area contributed by atoms with E-state index in [9.17, 15) is 5.11 Å². The predicted molar refractivity (Wildman–Crippen MR) is 142 cm³/mol. The van der Waals surface area contributed by atoms with E-state index in [1.54, 1.807) is 0 Å². The van der Waals surface area contributed by atoms with Crippen molar-refractivity contribution in [1.82, 2.24) is 15.0 Å². The van der Waals surface area contributed by atoms with E-state index in [-0.39, 0.29) is 17.4 Å². The fourth-order valence-corrected chi connectivity index (χ4v) is 4.38. The fraction of sp³-hybridized carbons (Fsp3) is 0.400. The van der Waals surface area contributed by atoms with Crippen molar-refractivity contribution in [3.8, 4) is 22.3 Å². The lowest BCUT2D eigenvalue weighted by Gasteiger charge is -2.20. The number of aliphatic hydroxyl groups excluding tert-OH is 1. The Morgan fingerprint density at radius 2 is 1.18 bits per heavy atom. The van der Waals surface area contributed by atoms with Crippen LogP contribution in [0.2, 0.25) is 0 Å². The summed E-state index contributed by atoms with van der Waals surface area (Å²) < 4.78 is 2.00. The molecule has 1 N–H and O–H groups in total. The Kier molecular flexibility index (Phi) is 6.64. The van der Waals surface area contributed by atoms with Crippen molar-refractivity contribution in [2.45, 2.75) is 71.8 Å². The number of nitrogens with zero attached hydrogens (tertiary/aromatic N) is 3. The first-order valence-corrected chi connectivity index (χ1v) is 12.3. The van der Waals surface area contributed by atoms with Crippen molar-refractivity contribution in [1.29, 1.82) is 0 Å². The topological polar surface area (TPSA) is 50.9 Å². The lowest BCUT2D eigenvalue weighted by molar-refractivity contribution is 0.280. The van der Waals surface area contributed by atoms with Gasteiger partial charge in [-0.15, -0.1) is 5.10 Å². The Balaban J connectivity index is 1.83. The van der Waals surface area contributed by atoms with Crippen molar-refractivity contribution in [3.05, 3.63) is 71.8 Å². The molecule has 1 aromatic heterocycles. The summed E-state index contributed by atoms with van der Waals surface area (Å²) in [5, 5.41) is 18.4. The zero-order valence-corrected chi connectivity index (χ0v) is 21.4. The number of benzene rings is 3. The first-order valence-electron chi connectivity index (χ1n) is 12.3. The van der Waals surface area contributed by atoms with E-state index < -0.39 is 0 Å². The molecule has 0 aliphatic heterocycles. The molecule has 0 spiro atoms. The normalized spacial score (nSPS) is 12.4. The Bertz CT molecular complexity index is 1250. The molecule has 3 aromatic carbocycles. The van der Waals surface area contributed by atoms with E-state index in [1.165, 1.54) is 16.7 Å². The summed E-state index contributed by atoms with van der Waals surface area (Å²) in [7, 11) is 0. The van der Waals surface area contributed by atoms with Crippen LogP contribution in [0.15, 0.2) is 60.7 Å². The summed E-state index contributed by atoms with van der Waals surface area (Å²) >= 11 is 0. The van der Waals surface area contributed by atoms with Crippen molar-refractivity contribution in [2.24, 2.45) is 0 Å². The Labute approximate surface area is 203 Å². The van der Waals surface area contributed by atoms with E-state index in [0.717, 1.165) is 47.1 Å². The molecule has 0 unspecified atom stereocenters. The summed E-state index contributed by atoms with van der Waals surface area (Å²) in [5.74, 6) is 0. The van der Waals surface area contributed by atoms with Crippen LogP contribution in [-0.4, -0.2) is 26.7 Å². The van der Waals surface area contributed by atoms with Crippen LogP contribution in [0.3, 0.4) is 0 Å². The maximum Gasteiger partial charge on any atom is 0.121 e. The molecule has 0 atom stereocenters. The van der Waals surface area contributed by atoms with Crippen LogP contribution in [0.4, 0.5) is 0 Å². The zero-order valence-electron chi connectivity index (χ0n) is 21.4. The molecule has 4 aromatic rings. The average Bonchev–Trinajstić information content (AvgIpc) is 3.22. The van der Waals surface area contributed by atoms with Gasteiger partial charge in [-0.2, -0.15) is 0 Å². The summed E-state index contributed by atoms with van der Waals surface area (Å²) in [4.78, 5) is 0. The number of hydrogen-bond donors (Lipinski definition) is 1. The van der Waals surface area contributed by atoms with E-state index in [0.29, 0.717) is 0 Å². The zero-order chi connectivity index (χ0) is 24.5. The van der Waals surface area contributed by atoms with Crippen LogP contribution in [0.5, 0.6) is 0 Å². The third kappa shape index (κ3) is 4.92. The first-order chi connectivity index (χ1) is 16.1. The van der Waals surface area contributed by atoms with Crippen molar-refractivity contribution >= 4 is 11.0 Å². The van der Waals surface area contributed by atoms with Crippen LogP contribution >= 0.6 is 0 Å². The Hall–Kier alpha value is -2.98. The number of unbranched alkanes of at least 4 members (excludes halogenated alkanes) is 1. The number of aliphatic hydroxyl groups is 1. The first kappa shape index (κ1) is 24.2. The van der Waals surface area contributed by atoms with Crippen LogP contribution in [0.1, 0.15) is 65.5 Å². The van der Waals surface area contributed by atoms with Gasteiger partial charge in [-0.25, -0.2) is 4.68 Å². The van der Waals surface area contributed by atoms with Crippen molar-refractivity contribution in [3.63, 3.8) is 0 Å². The fourth-order valence-electron chi connectivity index (χ4n) is 4.38. The molecule has 178 valence electrons. The third-order valence-electron chi connectivity index (χ3n) is 6.56. The standard InChI is InChI=1S/C30H37N3O/c1-29(2,3)23-13-9-21(10-14-23)25-17-18-26(22-11-15-24(16-12-22)30(4,5)6)28-27(25)31-32-33(28)19-7-8-20-34/h9-18,34H,7-8,19-20H2,1-6H3. The highest BCUT2D eigenvalue weighted by molar-refractivity contribution is 6.00. The molecule has 4 nitrogen and oxygen atoms in total. The molecule has 4 rings (SSSR count). The Morgan fingerprint density at radius 3 is 1.68 bits per heavy atom. The van der Waals surface area contributed by atoms with Gasteiger partial charge in [0.2, 0.25) is 0 Å². The maximum absolute atomic E-state index is 9.26. The summed E-state index contributed by atoms with van der Waals surface area (Å²) in [6.45, 7) is 14.3. The number of aryl methyl sites for hydroxylation is 1. The predicted octanol–water partition coefficient (Wildman–Crippen LogP) is 7.13. The molecule has 1 heterocycles. The molecule has 0 fully saturated rings. The minimum absolute atomic E-state index is 0.116. The molecule has 0 amide bonds. The highest BCUT2D eigenvalue weighted by Crippen LogP contribution is 2.36. The molecule has 0 bridgehead atoms. The van der Waals surface area contributed by atoms with Gasteiger partial charge in [-0.05, 0) is 45.9 Å². The van der Waals surface area contributed by atoms with Gasteiger partial charge in [0.15, 0.2) is 0 Å². The van der Waals surface area contributed by atoms with Gasteiger partial charge in [-0.1, -0.05) is 107 Å². The van der Waals surface area contributed by atoms with Crippen molar-refractivity contribution < 1.29 is 5.11 Å². The second-order valence-electron chi connectivity index (χ2n) is 11.3.